The van der Waals surface area contributed by atoms with Crippen molar-refractivity contribution in [2.45, 2.75) is 51.9 Å². The maximum absolute atomic E-state index is 14.9. The number of alkyl halides is 3. The smallest absolute Gasteiger partial charge is 0.419 e. The summed E-state index contributed by atoms with van der Waals surface area (Å²) in [5.41, 5.74) is 4.28. The maximum Gasteiger partial charge on any atom is 0.419 e. The van der Waals surface area contributed by atoms with Crippen LogP contribution in [0.1, 0.15) is 49.7 Å². The number of hydrogen-bond donors (Lipinski definition) is 2. The Hall–Kier alpha value is -3.34. The van der Waals surface area contributed by atoms with Crippen molar-refractivity contribution in [3.05, 3.63) is 47.0 Å². The minimum atomic E-state index is -4.88. The van der Waals surface area contributed by atoms with Gasteiger partial charge in [-0.1, -0.05) is 0 Å². The van der Waals surface area contributed by atoms with Crippen LogP contribution >= 0.6 is 0 Å². The molecule has 1 aliphatic rings. The predicted molar refractivity (Wildman–Crippen MR) is 132 cm³/mol. The van der Waals surface area contributed by atoms with E-state index in [2.05, 4.69) is 15.3 Å². The first-order valence-corrected chi connectivity index (χ1v) is 11.8. The SMILES string of the molecule is COc1cc2nc(C)nc(N[C@H](C)c3cc(N)cc(C(F)(F)F)c3F)c2cc1OCC1([C@H](C)OC)CC1. The van der Waals surface area contributed by atoms with Gasteiger partial charge < -0.3 is 25.3 Å². The number of rotatable bonds is 9. The summed E-state index contributed by atoms with van der Waals surface area (Å²) in [6.07, 6.45) is -2.89. The van der Waals surface area contributed by atoms with Crippen molar-refractivity contribution in [2.75, 3.05) is 31.9 Å². The van der Waals surface area contributed by atoms with E-state index in [4.69, 9.17) is 19.9 Å². The highest BCUT2D eigenvalue weighted by Crippen LogP contribution is 2.50. The number of anilines is 2. The number of hydrogen-bond acceptors (Lipinski definition) is 7. The average molecular weight is 523 g/mol. The molecule has 2 aromatic carbocycles. The highest BCUT2D eigenvalue weighted by Gasteiger charge is 2.49. The van der Waals surface area contributed by atoms with Gasteiger partial charge in [0, 0.05) is 35.2 Å². The number of nitrogens with one attached hydrogen (secondary N) is 1. The summed E-state index contributed by atoms with van der Waals surface area (Å²) in [5, 5.41) is 3.58. The Bertz CT molecular complexity index is 1310. The third-order valence-electron chi connectivity index (χ3n) is 6.96. The van der Waals surface area contributed by atoms with Gasteiger partial charge in [-0.2, -0.15) is 13.2 Å². The lowest BCUT2D eigenvalue weighted by atomic mass is 10.0. The molecule has 3 aromatic rings. The quantitative estimate of drug-likeness (QED) is 0.261. The van der Waals surface area contributed by atoms with Crippen LogP contribution in [0.15, 0.2) is 24.3 Å². The van der Waals surface area contributed by atoms with Gasteiger partial charge in [0.1, 0.15) is 17.5 Å². The number of nitrogen functional groups attached to an aromatic ring is 1. The maximum atomic E-state index is 14.9. The largest absolute Gasteiger partial charge is 0.493 e. The van der Waals surface area contributed by atoms with E-state index in [1.54, 1.807) is 26.2 Å². The highest BCUT2D eigenvalue weighted by molar-refractivity contribution is 5.92. The third-order valence-corrected chi connectivity index (χ3v) is 6.96. The Balaban J connectivity index is 1.71. The van der Waals surface area contributed by atoms with Gasteiger partial charge in [0.05, 0.1) is 36.9 Å². The van der Waals surface area contributed by atoms with Crippen LogP contribution in [0.5, 0.6) is 11.5 Å². The van der Waals surface area contributed by atoms with E-state index in [1.807, 2.05) is 6.92 Å². The molecule has 1 aliphatic carbocycles. The Morgan fingerprint density at radius 2 is 1.78 bits per heavy atom. The van der Waals surface area contributed by atoms with Crippen molar-refractivity contribution in [3.63, 3.8) is 0 Å². The molecule has 1 saturated carbocycles. The first kappa shape index (κ1) is 26.7. The fourth-order valence-electron chi connectivity index (χ4n) is 4.41. The van der Waals surface area contributed by atoms with Crippen LogP contribution in [0, 0.1) is 18.2 Å². The molecule has 0 spiro atoms. The minimum absolute atomic E-state index is 0.0257. The van der Waals surface area contributed by atoms with Gasteiger partial charge in [-0.15, -0.1) is 0 Å². The second-order valence-electron chi connectivity index (χ2n) is 9.50. The van der Waals surface area contributed by atoms with E-state index < -0.39 is 23.6 Å². The molecule has 0 saturated heterocycles. The van der Waals surface area contributed by atoms with Crippen molar-refractivity contribution < 1.29 is 31.8 Å². The molecule has 1 fully saturated rings. The van der Waals surface area contributed by atoms with Gasteiger partial charge in [-0.3, -0.25) is 0 Å². The number of halogens is 4. The van der Waals surface area contributed by atoms with E-state index in [1.165, 1.54) is 20.1 Å². The van der Waals surface area contributed by atoms with Gasteiger partial charge >= 0.3 is 6.18 Å². The molecule has 1 aromatic heterocycles. The Kier molecular flexibility index (Phi) is 7.11. The predicted octanol–water partition coefficient (Wildman–Crippen LogP) is 6.05. The number of benzene rings is 2. The molecular formula is C26H30F4N4O3. The number of methoxy groups -OCH3 is 2. The number of aryl methyl sites for hydroxylation is 1. The molecule has 0 aliphatic heterocycles. The Morgan fingerprint density at radius 3 is 2.38 bits per heavy atom. The molecule has 200 valence electrons. The van der Waals surface area contributed by atoms with E-state index in [0.29, 0.717) is 46.7 Å². The van der Waals surface area contributed by atoms with Gasteiger partial charge in [0.15, 0.2) is 11.5 Å². The lowest BCUT2D eigenvalue weighted by Crippen LogP contribution is -2.27. The van der Waals surface area contributed by atoms with Crippen molar-refractivity contribution in [1.29, 1.82) is 0 Å². The standard InChI is InChI=1S/C26H30F4N4O3/c1-13(17-8-16(31)9-19(23(17)27)26(28,29)30)32-24-18-10-22(37-12-25(6-7-25)14(2)35-4)21(36-5)11-20(18)33-15(3)34-24/h8-11,13-14H,6-7,12,31H2,1-5H3,(H,32,33,34)/t13-,14+/m1/s1. The summed E-state index contributed by atoms with van der Waals surface area (Å²) in [6, 6.07) is 4.29. The Morgan fingerprint density at radius 1 is 1.08 bits per heavy atom. The van der Waals surface area contributed by atoms with Gasteiger partial charge in [-0.05, 0) is 51.8 Å². The van der Waals surface area contributed by atoms with Gasteiger partial charge in [-0.25, -0.2) is 14.4 Å². The summed E-state index contributed by atoms with van der Waals surface area (Å²) < 4.78 is 72.1. The van der Waals surface area contributed by atoms with Crippen LogP contribution in [0.25, 0.3) is 10.9 Å². The van der Waals surface area contributed by atoms with Crippen molar-refractivity contribution >= 4 is 22.4 Å². The normalized spacial score (nSPS) is 16.4. The van der Waals surface area contributed by atoms with E-state index in [-0.39, 0.29) is 22.8 Å². The van der Waals surface area contributed by atoms with Crippen LogP contribution in [-0.4, -0.2) is 36.9 Å². The molecule has 2 atom stereocenters. The molecule has 0 bridgehead atoms. The second-order valence-corrected chi connectivity index (χ2v) is 9.50. The van der Waals surface area contributed by atoms with Crippen LogP contribution in [0.2, 0.25) is 0 Å². The van der Waals surface area contributed by atoms with E-state index >= 15 is 0 Å². The molecule has 1 heterocycles. The number of nitrogens with zero attached hydrogens (tertiary/aromatic N) is 2. The average Bonchev–Trinajstić information content (AvgIpc) is 3.63. The summed E-state index contributed by atoms with van der Waals surface area (Å²) in [7, 11) is 3.19. The first-order valence-electron chi connectivity index (χ1n) is 11.8. The summed E-state index contributed by atoms with van der Waals surface area (Å²) >= 11 is 0. The van der Waals surface area contributed by atoms with Crippen molar-refractivity contribution in [1.82, 2.24) is 9.97 Å². The van der Waals surface area contributed by atoms with Crippen LogP contribution in [0.3, 0.4) is 0 Å². The summed E-state index contributed by atoms with van der Waals surface area (Å²) in [4.78, 5) is 8.89. The molecule has 0 radical (unpaired) electrons. The number of ether oxygens (including phenoxy) is 3. The highest BCUT2D eigenvalue weighted by atomic mass is 19.4. The van der Waals surface area contributed by atoms with Crippen LogP contribution in [0.4, 0.5) is 29.1 Å². The molecule has 0 unspecified atom stereocenters. The zero-order valence-electron chi connectivity index (χ0n) is 21.3. The molecule has 3 N–H and O–H groups in total. The van der Waals surface area contributed by atoms with Crippen molar-refractivity contribution in [2.24, 2.45) is 5.41 Å². The second kappa shape index (κ2) is 9.85. The van der Waals surface area contributed by atoms with Crippen molar-refractivity contribution in [3.8, 4) is 11.5 Å². The zero-order valence-corrected chi connectivity index (χ0v) is 21.3. The molecular weight excluding hydrogens is 492 g/mol. The summed E-state index contributed by atoms with van der Waals surface area (Å²) in [6.45, 7) is 5.64. The number of fused-ring (bicyclic) bond motifs is 1. The monoisotopic (exact) mass is 522 g/mol. The van der Waals surface area contributed by atoms with Crippen LogP contribution in [-0.2, 0) is 10.9 Å². The van der Waals surface area contributed by atoms with Crippen LogP contribution < -0.4 is 20.5 Å². The summed E-state index contributed by atoms with van der Waals surface area (Å²) in [5.74, 6) is 0.269. The zero-order chi connectivity index (χ0) is 27.1. The molecule has 11 heteroatoms. The fraction of sp³-hybridized carbons (Fsp3) is 0.462. The van der Waals surface area contributed by atoms with Gasteiger partial charge in [0.2, 0.25) is 0 Å². The number of aromatic nitrogens is 2. The first-order chi connectivity index (χ1) is 17.4. The third kappa shape index (κ3) is 5.36. The fourth-order valence-corrected chi connectivity index (χ4v) is 4.41. The molecule has 7 nitrogen and oxygen atoms in total. The van der Waals surface area contributed by atoms with E-state index in [0.717, 1.165) is 12.8 Å². The van der Waals surface area contributed by atoms with E-state index in [9.17, 15) is 17.6 Å². The molecule has 0 amide bonds. The minimum Gasteiger partial charge on any atom is -0.493 e. The lowest BCUT2D eigenvalue weighted by molar-refractivity contribution is -0.140. The topological polar surface area (TPSA) is 91.5 Å². The van der Waals surface area contributed by atoms with Gasteiger partial charge in [0.25, 0.3) is 0 Å². The molecule has 4 rings (SSSR count). The number of nitrogens with two attached hydrogens (primary N) is 1. The molecule has 37 heavy (non-hydrogen) atoms. The Labute approximate surface area is 212 Å². The lowest BCUT2D eigenvalue weighted by Gasteiger charge is -2.23.